The minimum Gasteiger partial charge on any atom is -0.447 e. The van der Waals surface area contributed by atoms with Crippen molar-refractivity contribution < 1.29 is 9.84 Å². The highest BCUT2D eigenvalue weighted by atomic mass is 16.5. The van der Waals surface area contributed by atoms with Gasteiger partial charge >= 0.3 is 0 Å². The first-order valence-electron chi connectivity index (χ1n) is 4.81. The monoisotopic (exact) mass is 184 g/mol. The molecule has 0 atom stereocenters. The summed E-state index contributed by atoms with van der Waals surface area (Å²) >= 11 is 0. The van der Waals surface area contributed by atoms with E-state index in [1.54, 1.807) is 0 Å². The number of aliphatic hydroxyl groups is 1. The second-order valence-corrected chi connectivity index (χ2v) is 3.79. The molecule has 0 aliphatic heterocycles. The third kappa shape index (κ3) is 3.28. The van der Waals surface area contributed by atoms with Gasteiger partial charge in [0.05, 0.1) is 6.61 Å². The van der Waals surface area contributed by atoms with Gasteiger partial charge in [-0.25, -0.2) is 0 Å². The van der Waals surface area contributed by atoms with Gasteiger partial charge in [0.25, 0.3) is 0 Å². The Hall–Kier alpha value is -0.680. The lowest BCUT2D eigenvalue weighted by atomic mass is 9.81. The van der Waals surface area contributed by atoms with E-state index in [-0.39, 0.29) is 11.8 Å². The first-order chi connectivity index (χ1) is 5.95. The molecule has 0 amide bonds. The molecule has 76 valence electrons. The Balaban J connectivity index is 4.54. The topological polar surface area (TPSA) is 29.5 Å². The summed E-state index contributed by atoms with van der Waals surface area (Å²) in [5.41, 5.74) is -0.935. The van der Waals surface area contributed by atoms with Gasteiger partial charge in [-0.1, -0.05) is 27.7 Å². The van der Waals surface area contributed by atoms with Gasteiger partial charge < -0.3 is 9.84 Å². The van der Waals surface area contributed by atoms with E-state index in [2.05, 4.69) is 12.0 Å². The third-order valence-corrected chi connectivity index (χ3v) is 2.23. The Morgan fingerprint density at radius 3 is 2.00 bits per heavy atom. The highest BCUT2D eigenvalue weighted by molar-refractivity contribution is 5.13. The van der Waals surface area contributed by atoms with Crippen LogP contribution in [0.4, 0.5) is 0 Å². The summed E-state index contributed by atoms with van der Waals surface area (Å²) < 4.78 is 4.91. The van der Waals surface area contributed by atoms with E-state index in [9.17, 15) is 5.11 Å². The molecule has 0 aromatic rings. The molecule has 0 radical (unpaired) electrons. The summed E-state index contributed by atoms with van der Waals surface area (Å²) in [7, 11) is 0. The zero-order chi connectivity index (χ0) is 10.5. The van der Waals surface area contributed by atoms with E-state index in [0.717, 1.165) is 0 Å². The highest BCUT2D eigenvalue weighted by Gasteiger charge is 2.32. The van der Waals surface area contributed by atoms with Crippen LogP contribution in [0.3, 0.4) is 0 Å². The number of ether oxygens (including phenoxy) is 1. The van der Waals surface area contributed by atoms with E-state index in [1.165, 1.54) is 0 Å². The molecule has 0 aliphatic rings. The van der Waals surface area contributed by atoms with Crippen LogP contribution < -0.4 is 0 Å². The summed E-state index contributed by atoms with van der Waals surface area (Å²) in [5, 5.41) is 10.1. The van der Waals surface area contributed by atoms with Gasteiger partial charge in [0.2, 0.25) is 0 Å². The van der Waals surface area contributed by atoms with Crippen LogP contribution in [0, 0.1) is 23.9 Å². The first kappa shape index (κ1) is 12.3. The van der Waals surface area contributed by atoms with Gasteiger partial charge in [-0.15, -0.1) is 0 Å². The SMILES string of the molecule is CCOC#CC(O)(C(C)C)C(C)C. The van der Waals surface area contributed by atoms with Gasteiger partial charge in [0.1, 0.15) is 11.7 Å². The fraction of sp³-hybridized carbons (Fsp3) is 0.818. The summed E-state index contributed by atoms with van der Waals surface area (Å²) in [6, 6.07) is 0. The van der Waals surface area contributed by atoms with Crippen LogP contribution in [0.15, 0.2) is 0 Å². The lowest BCUT2D eigenvalue weighted by molar-refractivity contribution is 0.00838. The molecule has 2 heteroatoms. The van der Waals surface area contributed by atoms with Gasteiger partial charge in [-0.3, -0.25) is 0 Å². The van der Waals surface area contributed by atoms with E-state index in [4.69, 9.17) is 4.74 Å². The standard InChI is InChI=1S/C11H20O2/c1-6-13-8-7-11(12,9(2)3)10(4)5/h9-10,12H,6H2,1-5H3. The van der Waals surface area contributed by atoms with Crippen molar-refractivity contribution in [1.29, 1.82) is 0 Å². The van der Waals surface area contributed by atoms with Crippen molar-refractivity contribution >= 4 is 0 Å². The summed E-state index contributed by atoms with van der Waals surface area (Å²) in [6.07, 6.45) is 2.54. The molecule has 0 rings (SSSR count). The summed E-state index contributed by atoms with van der Waals surface area (Å²) in [5.74, 6) is 3.00. The van der Waals surface area contributed by atoms with Crippen molar-refractivity contribution in [2.24, 2.45) is 11.8 Å². The first-order valence-corrected chi connectivity index (χ1v) is 4.81. The second-order valence-electron chi connectivity index (χ2n) is 3.79. The maximum atomic E-state index is 10.1. The largest absolute Gasteiger partial charge is 0.447 e. The molecule has 0 saturated carbocycles. The second kappa shape index (κ2) is 5.14. The lowest BCUT2D eigenvalue weighted by Gasteiger charge is -2.30. The average Bonchev–Trinajstić information content (AvgIpc) is 2.03. The Bertz CT molecular complexity index is 188. The molecule has 0 fully saturated rings. The van der Waals surface area contributed by atoms with Crippen molar-refractivity contribution in [1.82, 2.24) is 0 Å². The van der Waals surface area contributed by atoms with Crippen molar-refractivity contribution in [3.8, 4) is 12.0 Å². The molecule has 0 spiro atoms. The highest BCUT2D eigenvalue weighted by Crippen LogP contribution is 2.24. The summed E-state index contributed by atoms with van der Waals surface area (Å²) in [6.45, 7) is 10.3. The third-order valence-electron chi connectivity index (χ3n) is 2.23. The number of hydrogen-bond acceptors (Lipinski definition) is 2. The van der Waals surface area contributed by atoms with Crippen LogP contribution in [-0.4, -0.2) is 17.3 Å². The Morgan fingerprint density at radius 1 is 1.23 bits per heavy atom. The van der Waals surface area contributed by atoms with Crippen LogP contribution in [0.1, 0.15) is 34.6 Å². The molecule has 2 nitrogen and oxygen atoms in total. The zero-order valence-corrected chi connectivity index (χ0v) is 9.22. The molecule has 0 saturated heterocycles. The van der Waals surface area contributed by atoms with Gasteiger partial charge in [0, 0.05) is 0 Å². The molecule has 0 aromatic carbocycles. The smallest absolute Gasteiger partial charge is 0.133 e. The zero-order valence-electron chi connectivity index (χ0n) is 9.22. The molecule has 0 bridgehead atoms. The molecule has 0 heterocycles. The molecule has 13 heavy (non-hydrogen) atoms. The maximum Gasteiger partial charge on any atom is 0.133 e. The quantitative estimate of drug-likeness (QED) is 0.680. The van der Waals surface area contributed by atoms with Crippen molar-refractivity contribution in [3.05, 3.63) is 0 Å². The fourth-order valence-corrected chi connectivity index (χ4v) is 1.15. The van der Waals surface area contributed by atoms with Crippen LogP contribution in [-0.2, 0) is 4.74 Å². The molecule has 1 N–H and O–H groups in total. The number of hydrogen-bond donors (Lipinski definition) is 1. The Morgan fingerprint density at radius 2 is 1.69 bits per heavy atom. The Labute approximate surface area is 81.3 Å². The summed E-state index contributed by atoms with van der Waals surface area (Å²) in [4.78, 5) is 0. The van der Waals surface area contributed by atoms with Crippen LogP contribution in [0.2, 0.25) is 0 Å². The van der Waals surface area contributed by atoms with Gasteiger partial charge in [0.15, 0.2) is 0 Å². The number of rotatable bonds is 3. The van der Waals surface area contributed by atoms with E-state index in [1.807, 2.05) is 34.6 Å². The average molecular weight is 184 g/mol. The van der Waals surface area contributed by atoms with Gasteiger partial charge in [-0.05, 0) is 24.7 Å². The van der Waals surface area contributed by atoms with Gasteiger partial charge in [-0.2, -0.15) is 0 Å². The lowest BCUT2D eigenvalue weighted by Crippen LogP contribution is -2.39. The normalized spacial score (nSPS) is 11.4. The van der Waals surface area contributed by atoms with E-state index < -0.39 is 5.60 Å². The minimum absolute atomic E-state index is 0.112. The molecular weight excluding hydrogens is 164 g/mol. The van der Waals surface area contributed by atoms with Crippen LogP contribution in [0.25, 0.3) is 0 Å². The van der Waals surface area contributed by atoms with E-state index in [0.29, 0.717) is 6.61 Å². The molecule has 0 aromatic heterocycles. The molecular formula is C11H20O2. The molecule has 0 aliphatic carbocycles. The predicted octanol–water partition coefficient (Wildman–Crippen LogP) is 2.03. The Kier molecular flexibility index (Phi) is 4.87. The van der Waals surface area contributed by atoms with Crippen molar-refractivity contribution in [3.63, 3.8) is 0 Å². The predicted molar refractivity (Wildman–Crippen MR) is 54.0 cm³/mol. The minimum atomic E-state index is -0.935. The van der Waals surface area contributed by atoms with E-state index >= 15 is 0 Å². The fourth-order valence-electron chi connectivity index (χ4n) is 1.15. The van der Waals surface area contributed by atoms with Crippen LogP contribution in [0.5, 0.6) is 0 Å². The van der Waals surface area contributed by atoms with Crippen LogP contribution >= 0.6 is 0 Å². The maximum absolute atomic E-state index is 10.1. The molecule has 0 unspecified atom stereocenters. The van der Waals surface area contributed by atoms with Crippen molar-refractivity contribution in [2.45, 2.75) is 40.2 Å². The van der Waals surface area contributed by atoms with Crippen molar-refractivity contribution in [2.75, 3.05) is 6.61 Å².